The SMILES string of the molecule is CCC1O[C@@H](O[C@@H]2C(CC)OC(OC(=N)C(Cl)(Cl)Cl)C(C)[C@H]2C)C(OC(C)=O)[C@@H](C)[C@@H]1C. The Morgan fingerprint density at radius 3 is 1.88 bits per heavy atom. The topological polar surface area (TPSA) is 87.1 Å². The molecule has 2 rings (SSSR count). The number of halogens is 3. The zero-order valence-electron chi connectivity index (χ0n) is 19.8. The summed E-state index contributed by atoms with van der Waals surface area (Å²) in [4.78, 5) is 11.8. The van der Waals surface area contributed by atoms with Crippen LogP contribution >= 0.6 is 34.8 Å². The zero-order chi connectivity index (χ0) is 24.4. The fourth-order valence-electron chi connectivity index (χ4n) is 4.46. The van der Waals surface area contributed by atoms with Crippen LogP contribution in [-0.4, -0.2) is 52.7 Å². The van der Waals surface area contributed by atoms with Crippen molar-refractivity contribution in [1.82, 2.24) is 0 Å². The van der Waals surface area contributed by atoms with Gasteiger partial charge >= 0.3 is 5.97 Å². The van der Waals surface area contributed by atoms with Crippen LogP contribution in [0.15, 0.2) is 0 Å². The number of nitrogens with one attached hydrogen (secondary N) is 1. The van der Waals surface area contributed by atoms with Crippen LogP contribution in [0.4, 0.5) is 0 Å². The summed E-state index contributed by atoms with van der Waals surface area (Å²) in [5.74, 6) is -0.757. The monoisotopic (exact) mass is 515 g/mol. The maximum Gasteiger partial charge on any atom is 0.303 e. The second-order valence-electron chi connectivity index (χ2n) is 8.96. The molecule has 0 saturated carbocycles. The van der Waals surface area contributed by atoms with E-state index in [4.69, 9.17) is 63.9 Å². The minimum atomic E-state index is -1.96. The summed E-state index contributed by atoms with van der Waals surface area (Å²) in [6, 6.07) is 0. The minimum Gasteiger partial charge on any atom is -0.457 e. The number of hydrogen-bond donors (Lipinski definition) is 1. The normalized spacial score (nSPS) is 40.6. The third-order valence-corrected chi connectivity index (χ3v) is 7.37. The molecule has 0 aromatic rings. The Morgan fingerprint density at radius 2 is 1.38 bits per heavy atom. The second kappa shape index (κ2) is 11.4. The highest BCUT2D eigenvalue weighted by molar-refractivity contribution is 6.76. The van der Waals surface area contributed by atoms with E-state index in [-0.39, 0.29) is 48.0 Å². The van der Waals surface area contributed by atoms with Crippen LogP contribution in [0.5, 0.6) is 0 Å². The van der Waals surface area contributed by atoms with Crippen LogP contribution in [0.2, 0.25) is 0 Å². The molecule has 0 aromatic heterocycles. The summed E-state index contributed by atoms with van der Waals surface area (Å²) in [6.45, 7) is 13.6. The molecule has 0 aliphatic carbocycles. The molecule has 0 bridgehead atoms. The van der Waals surface area contributed by atoms with E-state index in [1.165, 1.54) is 6.92 Å². The highest BCUT2D eigenvalue weighted by Crippen LogP contribution is 2.40. The third-order valence-electron chi connectivity index (χ3n) is 6.85. The Balaban J connectivity index is 2.21. The highest BCUT2D eigenvalue weighted by atomic mass is 35.6. The van der Waals surface area contributed by atoms with Gasteiger partial charge in [-0.05, 0) is 24.7 Å². The molecule has 2 fully saturated rings. The average Bonchev–Trinajstić information content (AvgIpc) is 2.71. The van der Waals surface area contributed by atoms with Crippen LogP contribution in [0.3, 0.4) is 0 Å². The molecule has 2 saturated heterocycles. The summed E-state index contributed by atoms with van der Waals surface area (Å²) in [7, 11) is 0. The van der Waals surface area contributed by atoms with Gasteiger partial charge in [0.1, 0.15) is 0 Å². The number of carbonyl (C=O) groups is 1. The van der Waals surface area contributed by atoms with Crippen molar-refractivity contribution in [2.45, 2.75) is 102 Å². The molecule has 0 radical (unpaired) electrons. The fourth-order valence-corrected chi connectivity index (χ4v) is 4.60. The molecule has 186 valence electrons. The number of hydrogen-bond acceptors (Lipinski definition) is 7. The summed E-state index contributed by atoms with van der Waals surface area (Å²) in [5.41, 5.74) is 0. The van der Waals surface area contributed by atoms with Crippen molar-refractivity contribution in [3.05, 3.63) is 0 Å². The van der Waals surface area contributed by atoms with Crippen molar-refractivity contribution in [3.8, 4) is 0 Å². The molecule has 0 spiro atoms. The molecule has 7 nitrogen and oxygen atoms in total. The van der Waals surface area contributed by atoms with Crippen molar-refractivity contribution in [2.24, 2.45) is 23.7 Å². The van der Waals surface area contributed by atoms with E-state index in [0.717, 1.165) is 6.42 Å². The van der Waals surface area contributed by atoms with Gasteiger partial charge in [-0.15, -0.1) is 0 Å². The zero-order valence-corrected chi connectivity index (χ0v) is 22.0. The maximum absolute atomic E-state index is 11.8. The van der Waals surface area contributed by atoms with Gasteiger partial charge in [0, 0.05) is 18.8 Å². The van der Waals surface area contributed by atoms with Crippen LogP contribution < -0.4 is 0 Å². The summed E-state index contributed by atoms with van der Waals surface area (Å²) < 4.78 is 28.1. The first-order valence-electron chi connectivity index (χ1n) is 11.3. The standard InChI is InChI=1S/C22H36Cl3NO6/c1-8-15-10(3)11(4)18(28-14(7)27)20(29-15)31-17-12(5)13(6)19(30-16(17)9-2)32-21(26)22(23,24)25/h10-13,15-20,26H,8-9H2,1-7H3/t10-,11-,12+,13?,15?,16?,17-,18?,19?,20-/m0/s1. The van der Waals surface area contributed by atoms with Gasteiger partial charge in [0.25, 0.3) is 3.79 Å². The summed E-state index contributed by atoms with van der Waals surface area (Å²) >= 11 is 17.3. The molecule has 2 aliphatic rings. The van der Waals surface area contributed by atoms with E-state index < -0.39 is 28.4 Å². The fraction of sp³-hybridized carbons (Fsp3) is 0.909. The van der Waals surface area contributed by atoms with Gasteiger partial charge in [0.2, 0.25) is 12.2 Å². The van der Waals surface area contributed by atoms with Crippen LogP contribution in [0, 0.1) is 29.1 Å². The Labute approximate surface area is 206 Å². The average molecular weight is 517 g/mol. The van der Waals surface area contributed by atoms with E-state index in [2.05, 4.69) is 20.8 Å². The molecule has 2 heterocycles. The number of carbonyl (C=O) groups excluding carboxylic acids is 1. The Bertz CT molecular complexity index is 658. The first-order chi connectivity index (χ1) is 14.8. The lowest BCUT2D eigenvalue weighted by atomic mass is 9.81. The van der Waals surface area contributed by atoms with Crippen LogP contribution in [0.1, 0.15) is 61.3 Å². The van der Waals surface area contributed by atoms with E-state index in [9.17, 15) is 4.79 Å². The van der Waals surface area contributed by atoms with Crippen molar-refractivity contribution in [2.75, 3.05) is 0 Å². The van der Waals surface area contributed by atoms with Gasteiger partial charge < -0.3 is 23.7 Å². The second-order valence-corrected chi connectivity index (χ2v) is 11.2. The Hall–Kier alpha value is -0.310. The number of rotatable bonds is 6. The molecular weight excluding hydrogens is 481 g/mol. The molecule has 0 amide bonds. The van der Waals surface area contributed by atoms with Crippen molar-refractivity contribution < 1.29 is 28.5 Å². The van der Waals surface area contributed by atoms with Gasteiger partial charge in [0.15, 0.2) is 12.4 Å². The highest BCUT2D eigenvalue weighted by Gasteiger charge is 2.49. The van der Waals surface area contributed by atoms with Crippen molar-refractivity contribution in [1.29, 1.82) is 5.41 Å². The largest absolute Gasteiger partial charge is 0.457 e. The number of alkyl halides is 3. The molecule has 0 aromatic carbocycles. The maximum atomic E-state index is 11.8. The van der Waals surface area contributed by atoms with Crippen molar-refractivity contribution >= 4 is 46.7 Å². The smallest absolute Gasteiger partial charge is 0.303 e. The third kappa shape index (κ3) is 6.42. The minimum absolute atomic E-state index is 0.0000339. The lowest BCUT2D eigenvalue weighted by Gasteiger charge is -2.49. The number of esters is 1. The molecule has 5 unspecified atom stereocenters. The quantitative estimate of drug-likeness (QED) is 0.218. The van der Waals surface area contributed by atoms with Gasteiger partial charge in [-0.2, -0.15) is 0 Å². The number of ether oxygens (including phenoxy) is 5. The predicted molar refractivity (Wildman–Crippen MR) is 124 cm³/mol. The van der Waals surface area contributed by atoms with Crippen LogP contribution in [-0.2, 0) is 28.5 Å². The first-order valence-corrected chi connectivity index (χ1v) is 12.4. The molecule has 10 atom stereocenters. The molecule has 10 heteroatoms. The lowest BCUT2D eigenvalue weighted by molar-refractivity contribution is -0.327. The van der Waals surface area contributed by atoms with Crippen molar-refractivity contribution in [3.63, 3.8) is 0 Å². The van der Waals surface area contributed by atoms with Gasteiger partial charge in [0.05, 0.1) is 18.3 Å². The van der Waals surface area contributed by atoms with E-state index in [1.54, 1.807) is 0 Å². The van der Waals surface area contributed by atoms with E-state index in [0.29, 0.717) is 6.42 Å². The van der Waals surface area contributed by atoms with E-state index in [1.807, 2.05) is 20.8 Å². The lowest BCUT2D eigenvalue weighted by Crippen LogP contribution is -2.57. The van der Waals surface area contributed by atoms with Gasteiger partial charge in [-0.3, -0.25) is 10.2 Å². The molecule has 2 aliphatic heterocycles. The summed E-state index contributed by atoms with van der Waals surface area (Å²) in [5, 5.41) is 7.89. The van der Waals surface area contributed by atoms with E-state index >= 15 is 0 Å². The predicted octanol–water partition coefficient (Wildman–Crippen LogP) is 5.48. The molecule has 32 heavy (non-hydrogen) atoms. The first kappa shape index (κ1) is 27.9. The summed E-state index contributed by atoms with van der Waals surface area (Å²) in [6.07, 6.45) is -1.18. The molecular formula is C22H36Cl3NO6. The van der Waals surface area contributed by atoms with Crippen LogP contribution in [0.25, 0.3) is 0 Å². The molecule has 1 N–H and O–H groups in total. The Morgan fingerprint density at radius 1 is 0.844 bits per heavy atom. The van der Waals surface area contributed by atoms with Gasteiger partial charge in [-0.25, -0.2) is 0 Å². The van der Waals surface area contributed by atoms with Gasteiger partial charge in [-0.1, -0.05) is 76.3 Å². The Kier molecular flexibility index (Phi) is 9.96.